The van der Waals surface area contributed by atoms with E-state index in [0.717, 1.165) is 0 Å². The third-order valence-electron chi connectivity index (χ3n) is 2.15. The number of nitrogens with two attached hydrogens (primary N) is 1. The number of benzene rings is 1. The highest BCUT2D eigenvalue weighted by Crippen LogP contribution is 2.26. The van der Waals surface area contributed by atoms with Gasteiger partial charge in [0.1, 0.15) is 11.8 Å². The van der Waals surface area contributed by atoms with Crippen LogP contribution in [0.2, 0.25) is 5.02 Å². The monoisotopic (exact) mass is 229 g/mol. The Morgan fingerprint density at radius 3 is 2.67 bits per heavy atom. The van der Waals surface area contributed by atoms with Crippen LogP contribution in [0.25, 0.3) is 0 Å². The highest BCUT2D eigenvalue weighted by atomic mass is 35.5. The Kier molecular flexibility index (Phi) is 3.55. The van der Waals surface area contributed by atoms with Crippen molar-refractivity contribution in [2.24, 2.45) is 5.73 Å². The summed E-state index contributed by atoms with van der Waals surface area (Å²) in [5.74, 6) is -1.03. The van der Waals surface area contributed by atoms with E-state index in [-0.39, 0.29) is 12.2 Å². The van der Waals surface area contributed by atoms with Gasteiger partial charge < -0.3 is 15.9 Å². The van der Waals surface area contributed by atoms with Crippen molar-refractivity contribution in [3.63, 3.8) is 0 Å². The van der Waals surface area contributed by atoms with Crippen molar-refractivity contribution >= 4 is 17.6 Å². The number of halogens is 1. The Balaban J connectivity index is 2.92. The Labute approximate surface area is 92.3 Å². The number of rotatable bonds is 3. The van der Waals surface area contributed by atoms with Crippen LogP contribution < -0.4 is 5.73 Å². The van der Waals surface area contributed by atoms with Crippen molar-refractivity contribution in [1.29, 1.82) is 0 Å². The Morgan fingerprint density at radius 1 is 1.60 bits per heavy atom. The number of phenolic OH excluding ortho intramolecular Hbond substituents is 1. The molecule has 15 heavy (non-hydrogen) atoms. The second-order valence-electron chi connectivity index (χ2n) is 3.37. The number of aromatic hydroxyl groups is 1. The normalized spacial score (nSPS) is 12.5. The first-order valence-corrected chi connectivity index (χ1v) is 4.76. The molecule has 5 heteroatoms. The van der Waals surface area contributed by atoms with Gasteiger partial charge in [0.05, 0.1) is 0 Å². The quantitative estimate of drug-likeness (QED) is 0.730. The second-order valence-corrected chi connectivity index (χ2v) is 3.78. The first-order valence-electron chi connectivity index (χ1n) is 4.38. The summed E-state index contributed by atoms with van der Waals surface area (Å²) in [5, 5.41) is 18.5. The minimum Gasteiger partial charge on any atom is -0.508 e. The molecule has 0 saturated heterocycles. The molecule has 4 N–H and O–H groups in total. The van der Waals surface area contributed by atoms with Gasteiger partial charge in [-0.3, -0.25) is 4.79 Å². The van der Waals surface area contributed by atoms with Crippen LogP contribution in [0.1, 0.15) is 11.1 Å². The third-order valence-corrected chi connectivity index (χ3v) is 2.54. The van der Waals surface area contributed by atoms with Gasteiger partial charge in [0.15, 0.2) is 0 Å². The summed E-state index contributed by atoms with van der Waals surface area (Å²) in [6, 6.07) is 2.10. The molecule has 0 aliphatic heterocycles. The van der Waals surface area contributed by atoms with E-state index in [9.17, 15) is 9.90 Å². The van der Waals surface area contributed by atoms with Gasteiger partial charge in [-0.15, -0.1) is 0 Å². The number of carboxylic acids is 1. The van der Waals surface area contributed by atoms with Crippen LogP contribution in [-0.2, 0) is 11.2 Å². The summed E-state index contributed by atoms with van der Waals surface area (Å²) < 4.78 is 0. The molecule has 0 heterocycles. The van der Waals surface area contributed by atoms with E-state index in [0.29, 0.717) is 16.1 Å². The zero-order valence-electron chi connectivity index (χ0n) is 8.20. The van der Waals surface area contributed by atoms with E-state index in [1.165, 1.54) is 6.07 Å². The Morgan fingerprint density at radius 2 is 2.20 bits per heavy atom. The molecular formula is C10H12ClNO3. The Bertz CT molecular complexity index is 369. The predicted molar refractivity (Wildman–Crippen MR) is 57.2 cm³/mol. The van der Waals surface area contributed by atoms with E-state index < -0.39 is 12.0 Å². The summed E-state index contributed by atoms with van der Waals surface area (Å²) in [7, 11) is 0. The molecule has 0 spiro atoms. The van der Waals surface area contributed by atoms with Crippen molar-refractivity contribution in [2.45, 2.75) is 19.4 Å². The van der Waals surface area contributed by atoms with Gasteiger partial charge in [0, 0.05) is 10.6 Å². The fraction of sp³-hybridized carbons (Fsp3) is 0.300. The molecule has 1 rings (SSSR count). The first-order chi connectivity index (χ1) is 6.91. The minimum atomic E-state index is -1.08. The number of hydrogen-bond acceptors (Lipinski definition) is 3. The van der Waals surface area contributed by atoms with Gasteiger partial charge in [0.25, 0.3) is 0 Å². The highest BCUT2D eigenvalue weighted by Gasteiger charge is 2.13. The van der Waals surface area contributed by atoms with Gasteiger partial charge >= 0.3 is 5.97 Å². The molecule has 1 unspecified atom stereocenters. The largest absolute Gasteiger partial charge is 0.508 e. The van der Waals surface area contributed by atoms with Crippen LogP contribution in [0, 0.1) is 6.92 Å². The van der Waals surface area contributed by atoms with Gasteiger partial charge in [-0.25, -0.2) is 0 Å². The fourth-order valence-corrected chi connectivity index (χ4v) is 1.41. The average Bonchev–Trinajstić information content (AvgIpc) is 2.13. The van der Waals surface area contributed by atoms with E-state index in [1.807, 2.05) is 0 Å². The number of carbonyl (C=O) groups is 1. The zero-order valence-corrected chi connectivity index (χ0v) is 8.95. The molecule has 1 aromatic rings. The molecule has 1 atom stereocenters. The Hall–Kier alpha value is -1.26. The van der Waals surface area contributed by atoms with Gasteiger partial charge in [-0.1, -0.05) is 11.6 Å². The molecule has 0 radical (unpaired) electrons. The molecule has 82 valence electrons. The topological polar surface area (TPSA) is 83.5 Å². The lowest BCUT2D eigenvalue weighted by atomic mass is 10.0. The SMILES string of the molecule is Cc1c(O)cc(CC(N)C(=O)O)cc1Cl. The standard InChI is InChI=1S/C10H12ClNO3/c1-5-7(11)2-6(4-9(5)13)3-8(12)10(14)15/h2,4,8,13H,3,12H2,1H3,(H,14,15). The molecule has 0 amide bonds. The highest BCUT2D eigenvalue weighted by molar-refractivity contribution is 6.31. The lowest BCUT2D eigenvalue weighted by Crippen LogP contribution is -2.32. The fourth-order valence-electron chi connectivity index (χ4n) is 1.18. The summed E-state index contributed by atoms with van der Waals surface area (Å²) in [6.45, 7) is 1.68. The van der Waals surface area contributed by atoms with Crippen molar-refractivity contribution in [2.75, 3.05) is 0 Å². The molecule has 0 fully saturated rings. The van der Waals surface area contributed by atoms with E-state index in [1.54, 1.807) is 13.0 Å². The predicted octanol–water partition coefficient (Wildman–Crippen LogP) is 1.31. The summed E-state index contributed by atoms with van der Waals surface area (Å²) in [6.07, 6.45) is 0.142. The van der Waals surface area contributed by atoms with Crippen LogP contribution in [0.5, 0.6) is 5.75 Å². The van der Waals surface area contributed by atoms with E-state index in [4.69, 9.17) is 22.4 Å². The van der Waals surface area contributed by atoms with Crippen molar-refractivity contribution in [3.05, 3.63) is 28.3 Å². The van der Waals surface area contributed by atoms with Crippen LogP contribution in [0.3, 0.4) is 0 Å². The number of carboxylic acid groups (broad SMARTS) is 1. The minimum absolute atomic E-state index is 0.0510. The summed E-state index contributed by atoms with van der Waals surface area (Å²) >= 11 is 5.83. The van der Waals surface area contributed by atoms with Gasteiger partial charge in [-0.2, -0.15) is 0 Å². The summed E-state index contributed by atoms with van der Waals surface area (Å²) in [5.41, 5.74) is 6.55. The lowest BCUT2D eigenvalue weighted by molar-refractivity contribution is -0.138. The molecular weight excluding hydrogens is 218 g/mol. The van der Waals surface area contributed by atoms with Crippen LogP contribution in [-0.4, -0.2) is 22.2 Å². The second kappa shape index (κ2) is 4.51. The number of phenols is 1. The molecule has 0 aromatic heterocycles. The van der Waals surface area contributed by atoms with E-state index in [2.05, 4.69) is 0 Å². The third kappa shape index (κ3) is 2.84. The maximum atomic E-state index is 10.5. The molecule has 0 bridgehead atoms. The maximum absolute atomic E-state index is 10.5. The van der Waals surface area contributed by atoms with E-state index >= 15 is 0 Å². The smallest absolute Gasteiger partial charge is 0.320 e. The van der Waals surface area contributed by atoms with Crippen LogP contribution >= 0.6 is 11.6 Å². The van der Waals surface area contributed by atoms with Crippen molar-refractivity contribution in [1.82, 2.24) is 0 Å². The van der Waals surface area contributed by atoms with Gasteiger partial charge in [0.2, 0.25) is 0 Å². The molecule has 1 aromatic carbocycles. The molecule has 4 nitrogen and oxygen atoms in total. The van der Waals surface area contributed by atoms with Crippen LogP contribution in [0.4, 0.5) is 0 Å². The average molecular weight is 230 g/mol. The number of aliphatic carboxylic acids is 1. The molecule has 0 aliphatic rings. The lowest BCUT2D eigenvalue weighted by Gasteiger charge is -2.09. The molecule has 0 aliphatic carbocycles. The maximum Gasteiger partial charge on any atom is 0.320 e. The van der Waals surface area contributed by atoms with Gasteiger partial charge in [-0.05, 0) is 31.0 Å². The van der Waals surface area contributed by atoms with Crippen molar-refractivity contribution < 1.29 is 15.0 Å². The van der Waals surface area contributed by atoms with Crippen molar-refractivity contribution in [3.8, 4) is 5.75 Å². The summed E-state index contributed by atoms with van der Waals surface area (Å²) in [4.78, 5) is 10.5. The number of hydrogen-bond donors (Lipinski definition) is 3. The molecule has 0 saturated carbocycles. The first kappa shape index (κ1) is 11.8. The zero-order chi connectivity index (χ0) is 11.6. The van der Waals surface area contributed by atoms with Crippen LogP contribution in [0.15, 0.2) is 12.1 Å².